The number of hydrogen-bond donors (Lipinski definition) is 1. The molecule has 34 heavy (non-hydrogen) atoms. The van der Waals surface area contributed by atoms with Crippen LogP contribution < -0.4 is 10.1 Å². The summed E-state index contributed by atoms with van der Waals surface area (Å²) in [5.74, 6) is 1.53. The Labute approximate surface area is 203 Å². The fourth-order valence-corrected chi connectivity index (χ4v) is 4.26. The molecular weight excluding hydrogens is 420 g/mol. The summed E-state index contributed by atoms with van der Waals surface area (Å²) in [6.07, 6.45) is 4.47. The number of ether oxygens (including phenoxy) is 1. The average molecular weight is 455 g/mol. The number of nitrogens with one attached hydrogen (secondary N) is 1. The Morgan fingerprint density at radius 1 is 0.971 bits per heavy atom. The lowest BCUT2D eigenvalue weighted by Gasteiger charge is -2.30. The Kier molecular flexibility index (Phi) is 8.16. The van der Waals surface area contributed by atoms with E-state index >= 15 is 0 Å². The number of likely N-dealkylation sites (tertiary alicyclic amines) is 1. The highest BCUT2D eigenvalue weighted by molar-refractivity contribution is 6.29. The van der Waals surface area contributed by atoms with Crippen molar-refractivity contribution in [3.63, 3.8) is 0 Å². The van der Waals surface area contributed by atoms with Crippen LogP contribution >= 0.6 is 0 Å². The molecule has 0 spiro atoms. The van der Waals surface area contributed by atoms with Gasteiger partial charge in [0.2, 0.25) is 0 Å². The molecule has 176 valence electrons. The van der Waals surface area contributed by atoms with Gasteiger partial charge in [-0.2, -0.15) is 0 Å². The van der Waals surface area contributed by atoms with Crippen LogP contribution in [0, 0.1) is 5.92 Å². The zero-order valence-electron chi connectivity index (χ0n) is 20.2. The molecule has 1 heterocycles. The van der Waals surface area contributed by atoms with Gasteiger partial charge in [-0.15, -0.1) is 0 Å². The fourth-order valence-electron chi connectivity index (χ4n) is 4.26. The molecule has 3 aromatic carbocycles. The summed E-state index contributed by atoms with van der Waals surface area (Å²) < 4.78 is 5.54. The van der Waals surface area contributed by atoms with Gasteiger partial charge in [0.15, 0.2) is 0 Å². The van der Waals surface area contributed by atoms with Crippen molar-refractivity contribution in [1.29, 1.82) is 0 Å². The molecule has 4 nitrogen and oxygen atoms in total. The number of benzene rings is 3. The highest BCUT2D eigenvalue weighted by Gasteiger charge is 2.16. The maximum Gasteiger partial charge on any atom is 0.256 e. The number of rotatable bonds is 8. The molecule has 1 saturated heterocycles. The third-order valence-corrected chi connectivity index (χ3v) is 6.33. The van der Waals surface area contributed by atoms with E-state index in [-0.39, 0.29) is 5.91 Å². The second-order valence-electron chi connectivity index (χ2n) is 9.04. The van der Waals surface area contributed by atoms with E-state index in [1.807, 2.05) is 79.7 Å². The zero-order valence-corrected chi connectivity index (χ0v) is 20.2. The molecule has 0 aliphatic carbocycles. The molecule has 0 aromatic heterocycles. The maximum absolute atomic E-state index is 13.3. The van der Waals surface area contributed by atoms with Crippen LogP contribution in [0.3, 0.4) is 0 Å². The number of nitrogens with zero attached hydrogens (tertiary/aromatic N) is 1. The summed E-state index contributed by atoms with van der Waals surface area (Å²) in [6.45, 7) is 8.22. The molecule has 1 amide bonds. The minimum absolute atomic E-state index is 0.127. The lowest BCUT2D eigenvalue weighted by Crippen LogP contribution is -2.32. The van der Waals surface area contributed by atoms with Crippen molar-refractivity contribution >= 4 is 23.2 Å². The van der Waals surface area contributed by atoms with Gasteiger partial charge in [-0.25, -0.2) is 0 Å². The lowest BCUT2D eigenvalue weighted by molar-refractivity contribution is -0.111. The van der Waals surface area contributed by atoms with Gasteiger partial charge >= 0.3 is 0 Å². The first-order valence-corrected chi connectivity index (χ1v) is 12.2. The third kappa shape index (κ3) is 6.58. The molecule has 1 aliphatic rings. The number of hydrogen-bond acceptors (Lipinski definition) is 3. The van der Waals surface area contributed by atoms with Gasteiger partial charge in [0.05, 0.1) is 6.61 Å². The average Bonchev–Trinajstić information content (AvgIpc) is 2.87. The van der Waals surface area contributed by atoms with Gasteiger partial charge in [-0.1, -0.05) is 61.5 Å². The van der Waals surface area contributed by atoms with Crippen LogP contribution in [0.5, 0.6) is 5.75 Å². The summed E-state index contributed by atoms with van der Waals surface area (Å²) >= 11 is 0. The number of amides is 1. The van der Waals surface area contributed by atoms with Gasteiger partial charge < -0.3 is 10.1 Å². The molecule has 4 heteroatoms. The van der Waals surface area contributed by atoms with Crippen LogP contribution in [0.1, 0.15) is 43.4 Å². The van der Waals surface area contributed by atoms with Crippen molar-refractivity contribution in [1.82, 2.24) is 4.90 Å². The number of carbonyl (C=O) groups is 1. The normalized spacial score (nSPS) is 15.2. The highest BCUT2D eigenvalue weighted by atomic mass is 16.5. The molecule has 0 unspecified atom stereocenters. The minimum atomic E-state index is -0.127. The minimum Gasteiger partial charge on any atom is -0.494 e. The molecule has 0 atom stereocenters. The Bertz CT molecular complexity index is 1080. The smallest absolute Gasteiger partial charge is 0.256 e. The topological polar surface area (TPSA) is 41.6 Å². The van der Waals surface area contributed by atoms with Crippen molar-refractivity contribution in [2.24, 2.45) is 5.92 Å². The summed E-state index contributed by atoms with van der Waals surface area (Å²) in [6, 6.07) is 25.8. The molecule has 3 aromatic rings. The van der Waals surface area contributed by atoms with Gasteiger partial charge in [-0.3, -0.25) is 9.69 Å². The summed E-state index contributed by atoms with van der Waals surface area (Å²) in [5, 5.41) is 3.08. The van der Waals surface area contributed by atoms with Crippen molar-refractivity contribution in [3.05, 3.63) is 95.6 Å². The number of anilines is 1. The van der Waals surface area contributed by atoms with E-state index < -0.39 is 0 Å². The molecule has 1 aliphatic heterocycles. The van der Waals surface area contributed by atoms with Gasteiger partial charge in [0.25, 0.3) is 5.91 Å². The predicted molar refractivity (Wildman–Crippen MR) is 141 cm³/mol. The van der Waals surface area contributed by atoms with E-state index in [0.29, 0.717) is 12.2 Å². The Morgan fingerprint density at radius 3 is 2.29 bits per heavy atom. The lowest BCUT2D eigenvalue weighted by atomic mass is 9.99. The molecule has 0 bridgehead atoms. The third-order valence-electron chi connectivity index (χ3n) is 6.33. The maximum atomic E-state index is 13.3. The number of piperidine rings is 1. The highest BCUT2D eigenvalue weighted by Crippen LogP contribution is 2.23. The van der Waals surface area contributed by atoms with Crippen LogP contribution in [-0.4, -0.2) is 30.5 Å². The van der Waals surface area contributed by atoms with Crippen molar-refractivity contribution in [3.8, 4) is 5.75 Å². The predicted octanol–water partition coefficient (Wildman–Crippen LogP) is 6.50. The first-order chi connectivity index (χ1) is 16.6. The zero-order chi connectivity index (χ0) is 23.8. The van der Waals surface area contributed by atoms with E-state index in [1.54, 1.807) is 0 Å². The van der Waals surface area contributed by atoms with E-state index in [2.05, 4.69) is 29.3 Å². The second kappa shape index (κ2) is 11.7. The molecule has 0 saturated carbocycles. The second-order valence-corrected chi connectivity index (χ2v) is 9.04. The van der Waals surface area contributed by atoms with E-state index in [1.165, 1.54) is 18.4 Å². The molecule has 0 radical (unpaired) electrons. The standard InChI is InChI=1S/C30H34N2O2/c1-3-34-28-15-11-24(12-16-28)21-29(26-7-5-4-6-8-26)30(33)31-27-13-9-25(10-14-27)22-32-19-17-23(2)18-20-32/h4-16,21,23H,3,17-20,22H2,1-2H3,(H,31,33)/b29-21+. The Morgan fingerprint density at radius 2 is 1.65 bits per heavy atom. The van der Waals surface area contributed by atoms with E-state index in [9.17, 15) is 4.79 Å². The monoisotopic (exact) mass is 454 g/mol. The van der Waals surface area contributed by atoms with Crippen LogP contribution in [0.2, 0.25) is 0 Å². The SMILES string of the molecule is CCOc1ccc(/C=C(/C(=O)Nc2ccc(CN3CCC(C)CC3)cc2)c2ccccc2)cc1. The van der Waals surface area contributed by atoms with Gasteiger partial charge in [0, 0.05) is 17.8 Å². The first kappa shape index (κ1) is 23.8. The first-order valence-electron chi connectivity index (χ1n) is 12.2. The van der Waals surface area contributed by atoms with Gasteiger partial charge in [0.1, 0.15) is 5.75 Å². The van der Waals surface area contributed by atoms with Crippen molar-refractivity contribution < 1.29 is 9.53 Å². The number of carbonyl (C=O) groups excluding carboxylic acids is 1. The molecule has 4 rings (SSSR count). The Balaban J connectivity index is 1.47. The summed E-state index contributed by atoms with van der Waals surface area (Å²) in [5.41, 5.74) is 4.53. The summed E-state index contributed by atoms with van der Waals surface area (Å²) in [4.78, 5) is 15.8. The summed E-state index contributed by atoms with van der Waals surface area (Å²) in [7, 11) is 0. The van der Waals surface area contributed by atoms with E-state index in [4.69, 9.17) is 4.74 Å². The largest absolute Gasteiger partial charge is 0.494 e. The van der Waals surface area contributed by atoms with Crippen LogP contribution in [0.4, 0.5) is 5.69 Å². The Hall–Kier alpha value is -3.37. The molecule has 1 N–H and O–H groups in total. The molecular formula is C30H34N2O2. The fraction of sp³-hybridized carbons (Fsp3) is 0.300. The quantitative estimate of drug-likeness (QED) is 0.312. The van der Waals surface area contributed by atoms with Crippen LogP contribution in [0.15, 0.2) is 78.9 Å². The van der Waals surface area contributed by atoms with Crippen molar-refractivity contribution in [2.45, 2.75) is 33.2 Å². The van der Waals surface area contributed by atoms with E-state index in [0.717, 1.165) is 48.1 Å². The van der Waals surface area contributed by atoms with Crippen LogP contribution in [0.25, 0.3) is 11.6 Å². The van der Waals surface area contributed by atoms with Crippen molar-refractivity contribution in [2.75, 3.05) is 25.0 Å². The van der Waals surface area contributed by atoms with Crippen LogP contribution in [-0.2, 0) is 11.3 Å². The van der Waals surface area contributed by atoms with Gasteiger partial charge in [-0.05, 0) is 85.8 Å². The molecule has 1 fully saturated rings.